The fourth-order valence-electron chi connectivity index (χ4n) is 3.05. The van der Waals surface area contributed by atoms with Crippen LogP contribution in [-0.4, -0.2) is 34.6 Å². The van der Waals surface area contributed by atoms with E-state index in [0.29, 0.717) is 17.1 Å². The van der Waals surface area contributed by atoms with E-state index in [1.807, 2.05) is 45.0 Å². The van der Waals surface area contributed by atoms with E-state index in [0.717, 1.165) is 17.5 Å². The predicted octanol–water partition coefficient (Wildman–Crippen LogP) is 5.35. The Morgan fingerprint density at radius 1 is 1.19 bits per heavy atom. The zero-order valence-electron chi connectivity index (χ0n) is 18.5. The van der Waals surface area contributed by atoms with Crippen LogP contribution in [0.15, 0.2) is 42.5 Å². The van der Waals surface area contributed by atoms with E-state index in [1.54, 1.807) is 24.0 Å². The van der Waals surface area contributed by atoms with Gasteiger partial charge >= 0.3 is 0 Å². The van der Waals surface area contributed by atoms with Crippen LogP contribution in [0, 0.1) is 12.7 Å². The van der Waals surface area contributed by atoms with Crippen molar-refractivity contribution in [2.75, 3.05) is 5.75 Å². The Labute approximate surface area is 193 Å². The summed E-state index contributed by atoms with van der Waals surface area (Å²) in [6.45, 7) is 7.99. The lowest BCUT2D eigenvalue weighted by atomic mass is 10.1. The molecule has 0 spiro atoms. The van der Waals surface area contributed by atoms with Gasteiger partial charge < -0.3 is 10.2 Å². The molecule has 0 aliphatic heterocycles. The second kappa shape index (κ2) is 12.1. The van der Waals surface area contributed by atoms with Gasteiger partial charge in [0.15, 0.2) is 0 Å². The van der Waals surface area contributed by atoms with Gasteiger partial charge in [0.25, 0.3) is 0 Å². The molecule has 0 saturated heterocycles. The van der Waals surface area contributed by atoms with Crippen molar-refractivity contribution >= 4 is 35.2 Å². The van der Waals surface area contributed by atoms with Crippen LogP contribution >= 0.6 is 23.4 Å². The summed E-state index contributed by atoms with van der Waals surface area (Å²) in [5.41, 5.74) is 2.43. The number of rotatable bonds is 10. The first-order chi connectivity index (χ1) is 14.7. The Balaban J connectivity index is 2.12. The molecule has 0 heterocycles. The molecule has 2 aromatic carbocycles. The Morgan fingerprint density at radius 2 is 1.90 bits per heavy atom. The third-order valence-corrected chi connectivity index (χ3v) is 6.44. The number of halogens is 2. The second-order valence-corrected chi connectivity index (χ2v) is 9.09. The number of carbonyl (C=O) groups excluding carboxylic acids is 2. The van der Waals surface area contributed by atoms with E-state index in [2.05, 4.69) is 5.32 Å². The van der Waals surface area contributed by atoms with E-state index < -0.39 is 6.04 Å². The Bertz CT molecular complexity index is 889. The average molecular weight is 465 g/mol. The summed E-state index contributed by atoms with van der Waals surface area (Å²) in [6.07, 6.45) is 0.809. The molecular formula is C24H30ClFN2O2S. The molecule has 7 heteroatoms. The fraction of sp³-hybridized carbons (Fsp3) is 0.417. The van der Waals surface area contributed by atoms with E-state index in [4.69, 9.17) is 11.6 Å². The van der Waals surface area contributed by atoms with E-state index in [1.165, 1.54) is 17.8 Å². The van der Waals surface area contributed by atoms with Crippen LogP contribution in [-0.2, 0) is 21.9 Å². The first-order valence-electron chi connectivity index (χ1n) is 10.4. The predicted molar refractivity (Wildman–Crippen MR) is 127 cm³/mol. The molecule has 0 radical (unpaired) electrons. The maximum Gasteiger partial charge on any atom is 0.242 e. The molecule has 1 N–H and O–H groups in total. The molecule has 0 bridgehead atoms. The number of nitrogens with zero attached hydrogens (tertiary/aromatic N) is 1. The van der Waals surface area contributed by atoms with Crippen molar-refractivity contribution < 1.29 is 14.0 Å². The molecule has 31 heavy (non-hydrogen) atoms. The molecule has 0 fully saturated rings. The number of carbonyl (C=O) groups is 2. The minimum atomic E-state index is -0.625. The topological polar surface area (TPSA) is 49.4 Å². The van der Waals surface area contributed by atoms with Crippen LogP contribution in [0.2, 0.25) is 5.02 Å². The summed E-state index contributed by atoms with van der Waals surface area (Å²) in [6, 6.07) is 11.8. The van der Waals surface area contributed by atoms with Crippen molar-refractivity contribution in [3.8, 4) is 0 Å². The molecule has 0 aliphatic carbocycles. The molecule has 2 rings (SSSR count). The second-order valence-electron chi connectivity index (χ2n) is 7.70. The molecule has 168 valence electrons. The SMILES string of the molecule is CCC(C)NC(=O)C(C)N(Cc1cccc(C)c1)C(=O)CSCc1c(F)cccc1Cl. The number of aryl methyl sites for hydroxylation is 1. The summed E-state index contributed by atoms with van der Waals surface area (Å²) in [5, 5.41) is 3.30. The van der Waals surface area contributed by atoms with Gasteiger partial charge in [-0.2, -0.15) is 0 Å². The summed E-state index contributed by atoms with van der Waals surface area (Å²) in [4.78, 5) is 27.4. The summed E-state index contributed by atoms with van der Waals surface area (Å²) in [7, 11) is 0. The maximum atomic E-state index is 14.0. The molecule has 0 saturated carbocycles. The van der Waals surface area contributed by atoms with Gasteiger partial charge in [-0.25, -0.2) is 4.39 Å². The third-order valence-electron chi connectivity index (χ3n) is 5.14. The number of thioether (sulfide) groups is 1. The molecule has 2 aromatic rings. The van der Waals surface area contributed by atoms with Crippen molar-refractivity contribution in [1.29, 1.82) is 0 Å². The average Bonchev–Trinajstić information content (AvgIpc) is 2.73. The smallest absolute Gasteiger partial charge is 0.242 e. The van der Waals surface area contributed by atoms with E-state index in [-0.39, 0.29) is 35.2 Å². The largest absolute Gasteiger partial charge is 0.352 e. The van der Waals surface area contributed by atoms with Crippen LogP contribution in [0.4, 0.5) is 4.39 Å². The number of hydrogen-bond acceptors (Lipinski definition) is 3. The quantitative estimate of drug-likeness (QED) is 0.515. The van der Waals surface area contributed by atoms with Gasteiger partial charge in [0, 0.05) is 28.9 Å². The number of benzene rings is 2. The van der Waals surface area contributed by atoms with E-state index >= 15 is 0 Å². The van der Waals surface area contributed by atoms with Gasteiger partial charge in [0.1, 0.15) is 11.9 Å². The molecule has 4 nitrogen and oxygen atoms in total. The van der Waals surface area contributed by atoms with Gasteiger partial charge in [-0.3, -0.25) is 9.59 Å². The van der Waals surface area contributed by atoms with Crippen molar-refractivity contribution in [2.45, 2.75) is 58.5 Å². The first-order valence-corrected chi connectivity index (χ1v) is 11.9. The monoisotopic (exact) mass is 464 g/mol. The zero-order valence-corrected chi connectivity index (χ0v) is 20.0. The highest BCUT2D eigenvalue weighted by molar-refractivity contribution is 7.99. The van der Waals surface area contributed by atoms with Crippen molar-refractivity contribution in [1.82, 2.24) is 10.2 Å². The van der Waals surface area contributed by atoms with Crippen LogP contribution in [0.3, 0.4) is 0 Å². The lowest BCUT2D eigenvalue weighted by Gasteiger charge is -2.29. The lowest BCUT2D eigenvalue weighted by Crippen LogP contribution is -2.50. The highest BCUT2D eigenvalue weighted by atomic mass is 35.5. The van der Waals surface area contributed by atoms with Crippen molar-refractivity contribution in [3.63, 3.8) is 0 Å². The molecule has 0 aliphatic rings. The Hall–Kier alpha value is -2.05. The van der Waals surface area contributed by atoms with Crippen LogP contribution < -0.4 is 5.32 Å². The number of nitrogens with one attached hydrogen (secondary N) is 1. The Kier molecular flexibility index (Phi) is 9.85. The van der Waals surface area contributed by atoms with E-state index in [9.17, 15) is 14.0 Å². The molecular weight excluding hydrogens is 435 g/mol. The lowest BCUT2D eigenvalue weighted by molar-refractivity contribution is -0.138. The van der Waals surface area contributed by atoms with Gasteiger partial charge in [0.2, 0.25) is 11.8 Å². The standard InChI is InChI=1S/C24H30ClFN2O2S/c1-5-17(3)27-24(30)18(4)28(13-19-9-6-8-16(2)12-19)23(29)15-31-14-20-21(25)10-7-11-22(20)26/h6-12,17-18H,5,13-15H2,1-4H3,(H,27,30). The minimum Gasteiger partial charge on any atom is -0.352 e. The minimum absolute atomic E-state index is 0.0310. The molecule has 2 unspecified atom stereocenters. The zero-order chi connectivity index (χ0) is 23.0. The highest BCUT2D eigenvalue weighted by Crippen LogP contribution is 2.24. The fourth-order valence-corrected chi connectivity index (χ4v) is 4.30. The van der Waals surface area contributed by atoms with Gasteiger partial charge in [-0.05, 0) is 44.9 Å². The normalized spacial score (nSPS) is 12.8. The molecule has 2 atom stereocenters. The van der Waals surface area contributed by atoms with Crippen molar-refractivity contribution in [3.05, 3.63) is 70.0 Å². The highest BCUT2D eigenvalue weighted by Gasteiger charge is 2.26. The van der Waals surface area contributed by atoms with Crippen LogP contribution in [0.25, 0.3) is 0 Å². The van der Waals surface area contributed by atoms with Crippen molar-refractivity contribution in [2.24, 2.45) is 0 Å². The number of amides is 2. The maximum absolute atomic E-state index is 14.0. The first kappa shape index (κ1) is 25.2. The van der Waals surface area contributed by atoms with Crippen LogP contribution in [0.1, 0.15) is 43.9 Å². The summed E-state index contributed by atoms with van der Waals surface area (Å²) in [5.74, 6) is -0.339. The Morgan fingerprint density at radius 3 is 2.55 bits per heavy atom. The third kappa shape index (κ3) is 7.54. The summed E-state index contributed by atoms with van der Waals surface area (Å²) >= 11 is 7.37. The van der Waals surface area contributed by atoms with Crippen LogP contribution in [0.5, 0.6) is 0 Å². The van der Waals surface area contributed by atoms with Gasteiger partial charge in [-0.1, -0.05) is 54.4 Å². The molecule has 2 amide bonds. The number of hydrogen-bond donors (Lipinski definition) is 1. The molecule has 0 aromatic heterocycles. The van der Waals surface area contributed by atoms with Gasteiger partial charge in [0.05, 0.1) is 5.75 Å². The summed E-state index contributed by atoms with van der Waals surface area (Å²) < 4.78 is 14.0. The van der Waals surface area contributed by atoms with Gasteiger partial charge in [-0.15, -0.1) is 11.8 Å².